The van der Waals surface area contributed by atoms with E-state index in [0.29, 0.717) is 0 Å². The van der Waals surface area contributed by atoms with Crippen LogP contribution in [0, 0.1) is 0 Å². The molecule has 0 unspecified atom stereocenters. The van der Waals surface area contributed by atoms with Gasteiger partial charge in [0.2, 0.25) is 0 Å². The summed E-state index contributed by atoms with van der Waals surface area (Å²) in [5, 5.41) is 4.78. The highest BCUT2D eigenvalue weighted by Gasteiger charge is 2.17. The summed E-state index contributed by atoms with van der Waals surface area (Å²) in [5.41, 5.74) is 10.5. The lowest BCUT2D eigenvalue weighted by molar-refractivity contribution is 1.30. The van der Waals surface area contributed by atoms with Gasteiger partial charge in [0.05, 0.1) is 22.4 Å². The standard InChI is InChI=1S/C39H25N3/c1-2-10-27(11-3-1)38-39(42-37-21-5-4-20-36(37)41-38)35-19-9-17-33-32(16-8-18-34(33)35)31-15-7-13-29-28(12-6-14-30(29)31)26-22-24-40-25-23-26/h1-25H. The van der Waals surface area contributed by atoms with Gasteiger partial charge >= 0.3 is 0 Å². The minimum atomic E-state index is 0.887. The smallest absolute Gasteiger partial charge is 0.0979 e. The molecule has 0 saturated carbocycles. The Hall–Kier alpha value is -5.67. The quantitative estimate of drug-likeness (QED) is 0.225. The van der Waals surface area contributed by atoms with Crippen LogP contribution in [0.2, 0.25) is 0 Å². The van der Waals surface area contributed by atoms with Crippen LogP contribution in [0.3, 0.4) is 0 Å². The van der Waals surface area contributed by atoms with Crippen molar-refractivity contribution in [2.75, 3.05) is 0 Å². The fourth-order valence-electron chi connectivity index (χ4n) is 6.06. The van der Waals surface area contributed by atoms with Crippen LogP contribution in [0.4, 0.5) is 0 Å². The van der Waals surface area contributed by atoms with Gasteiger partial charge in [0.1, 0.15) is 0 Å². The summed E-state index contributed by atoms with van der Waals surface area (Å²) in [5.74, 6) is 0. The number of nitrogens with zero attached hydrogens (tertiary/aromatic N) is 3. The Morgan fingerprint density at radius 1 is 0.310 bits per heavy atom. The zero-order chi connectivity index (χ0) is 27.9. The Morgan fingerprint density at radius 2 is 0.786 bits per heavy atom. The highest BCUT2D eigenvalue weighted by Crippen LogP contribution is 2.41. The van der Waals surface area contributed by atoms with Gasteiger partial charge in [-0.25, -0.2) is 9.97 Å². The van der Waals surface area contributed by atoms with E-state index in [2.05, 4.69) is 114 Å². The van der Waals surface area contributed by atoms with Gasteiger partial charge in [-0.3, -0.25) is 4.98 Å². The van der Waals surface area contributed by atoms with E-state index in [1.165, 1.54) is 32.8 Å². The molecule has 6 aromatic carbocycles. The predicted octanol–water partition coefficient (Wildman–Crippen LogP) is 10.00. The van der Waals surface area contributed by atoms with Crippen LogP contribution in [0.5, 0.6) is 0 Å². The van der Waals surface area contributed by atoms with Crippen LogP contribution in [-0.4, -0.2) is 15.0 Å². The molecule has 0 aliphatic heterocycles. The van der Waals surface area contributed by atoms with Crippen molar-refractivity contribution in [1.82, 2.24) is 15.0 Å². The molecule has 0 saturated heterocycles. The molecule has 0 aliphatic carbocycles. The Morgan fingerprint density at radius 3 is 1.40 bits per heavy atom. The van der Waals surface area contributed by atoms with E-state index >= 15 is 0 Å². The molecule has 0 N–H and O–H groups in total. The first kappa shape index (κ1) is 24.2. The van der Waals surface area contributed by atoms with Crippen molar-refractivity contribution in [3.8, 4) is 44.8 Å². The summed E-state index contributed by atoms with van der Waals surface area (Å²) in [4.78, 5) is 14.5. The van der Waals surface area contributed by atoms with Gasteiger partial charge in [0, 0.05) is 23.5 Å². The van der Waals surface area contributed by atoms with Crippen LogP contribution in [-0.2, 0) is 0 Å². The molecule has 0 bridgehead atoms. The SMILES string of the molecule is c1ccc(-c2nc3ccccc3nc2-c2cccc3c(-c4cccc5c(-c6ccncc6)cccc45)cccc23)cc1. The Kier molecular flexibility index (Phi) is 5.79. The average molecular weight is 536 g/mol. The summed E-state index contributed by atoms with van der Waals surface area (Å²) in [7, 11) is 0. The highest BCUT2D eigenvalue weighted by molar-refractivity contribution is 6.12. The normalized spacial score (nSPS) is 11.3. The van der Waals surface area contributed by atoms with Gasteiger partial charge in [-0.1, -0.05) is 115 Å². The number of benzene rings is 6. The minimum Gasteiger partial charge on any atom is -0.265 e. The molecule has 0 fully saturated rings. The van der Waals surface area contributed by atoms with E-state index in [9.17, 15) is 0 Å². The first-order valence-electron chi connectivity index (χ1n) is 14.1. The van der Waals surface area contributed by atoms with Crippen LogP contribution >= 0.6 is 0 Å². The van der Waals surface area contributed by atoms with Crippen LogP contribution in [0.15, 0.2) is 152 Å². The van der Waals surface area contributed by atoms with Crippen LogP contribution in [0.25, 0.3) is 77.3 Å². The minimum absolute atomic E-state index is 0.887. The van der Waals surface area contributed by atoms with Gasteiger partial charge in [0.25, 0.3) is 0 Å². The molecule has 2 aromatic heterocycles. The zero-order valence-corrected chi connectivity index (χ0v) is 22.8. The molecule has 3 nitrogen and oxygen atoms in total. The molecule has 0 amide bonds. The topological polar surface area (TPSA) is 38.7 Å². The first-order chi connectivity index (χ1) is 20.8. The molecule has 0 spiro atoms. The Labute approximate surface area is 243 Å². The monoisotopic (exact) mass is 535 g/mol. The zero-order valence-electron chi connectivity index (χ0n) is 22.8. The number of hydrogen-bond donors (Lipinski definition) is 0. The summed E-state index contributed by atoms with van der Waals surface area (Å²) in [6.07, 6.45) is 3.70. The molecule has 3 heteroatoms. The lowest BCUT2D eigenvalue weighted by atomic mass is 9.89. The van der Waals surface area contributed by atoms with E-state index in [-0.39, 0.29) is 0 Å². The second-order valence-electron chi connectivity index (χ2n) is 10.4. The number of fused-ring (bicyclic) bond motifs is 3. The summed E-state index contributed by atoms with van der Waals surface area (Å²) < 4.78 is 0. The van der Waals surface area contributed by atoms with Gasteiger partial charge in [-0.05, 0) is 68.1 Å². The fourth-order valence-corrected chi connectivity index (χ4v) is 6.06. The number of para-hydroxylation sites is 2. The van der Waals surface area contributed by atoms with E-state index in [0.717, 1.165) is 44.5 Å². The fraction of sp³-hybridized carbons (Fsp3) is 0. The van der Waals surface area contributed by atoms with Crippen LogP contribution < -0.4 is 0 Å². The largest absolute Gasteiger partial charge is 0.265 e. The van der Waals surface area contributed by atoms with Gasteiger partial charge in [0.15, 0.2) is 0 Å². The maximum Gasteiger partial charge on any atom is 0.0979 e. The lowest BCUT2D eigenvalue weighted by Crippen LogP contribution is -1.96. The molecule has 0 atom stereocenters. The van der Waals surface area contributed by atoms with Crippen molar-refractivity contribution < 1.29 is 0 Å². The third-order valence-corrected chi connectivity index (χ3v) is 8.00. The van der Waals surface area contributed by atoms with E-state index in [4.69, 9.17) is 9.97 Å². The first-order valence-corrected chi connectivity index (χ1v) is 14.1. The predicted molar refractivity (Wildman–Crippen MR) is 174 cm³/mol. The van der Waals surface area contributed by atoms with Crippen molar-refractivity contribution in [2.45, 2.75) is 0 Å². The Bertz CT molecular complexity index is 2240. The third-order valence-electron chi connectivity index (χ3n) is 8.00. The molecule has 2 heterocycles. The third kappa shape index (κ3) is 4.03. The summed E-state index contributed by atoms with van der Waals surface area (Å²) >= 11 is 0. The Balaban J connectivity index is 1.38. The summed E-state index contributed by atoms with van der Waals surface area (Å²) in [6, 6.07) is 48.9. The van der Waals surface area contributed by atoms with Gasteiger partial charge in [-0.15, -0.1) is 0 Å². The van der Waals surface area contributed by atoms with E-state index < -0.39 is 0 Å². The second-order valence-corrected chi connectivity index (χ2v) is 10.4. The van der Waals surface area contributed by atoms with Gasteiger partial charge < -0.3 is 0 Å². The van der Waals surface area contributed by atoms with E-state index in [1.54, 1.807) is 0 Å². The number of pyridine rings is 1. The molecule has 8 rings (SSSR count). The lowest BCUT2D eigenvalue weighted by Gasteiger charge is -2.16. The van der Waals surface area contributed by atoms with E-state index in [1.807, 2.05) is 42.7 Å². The molecule has 0 radical (unpaired) electrons. The van der Waals surface area contributed by atoms with Crippen molar-refractivity contribution in [3.63, 3.8) is 0 Å². The van der Waals surface area contributed by atoms with Crippen molar-refractivity contribution in [1.29, 1.82) is 0 Å². The van der Waals surface area contributed by atoms with Crippen molar-refractivity contribution in [2.24, 2.45) is 0 Å². The molecule has 8 aromatic rings. The van der Waals surface area contributed by atoms with Crippen LogP contribution in [0.1, 0.15) is 0 Å². The maximum atomic E-state index is 5.20. The molecule has 196 valence electrons. The average Bonchev–Trinajstić information content (AvgIpc) is 3.07. The van der Waals surface area contributed by atoms with Crippen molar-refractivity contribution in [3.05, 3.63) is 152 Å². The van der Waals surface area contributed by atoms with Crippen molar-refractivity contribution >= 4 is 32.6 Å². The molecular formula is C39H25N3. The number of hydrogen-bond acceptors (Lipinski definition) is 3. The molecule has 0 aliphatic rings. The number of rotatable bonds is 4. The van der Waals surface area contributed by atoms with Gasteiger partial charge in [-0.2, -0.15) is 0 Å². The molecular weight excluding hydrogens is 510 g/mol. The second kappa shape index (κ2) is 10.1. The number of aromatic nitrogens is 3. The maximum absolute atomic E-state index is 5.20. The highest BCUT2D eigenvalue weighted by atomic mass is 14.8. The molecule has 42 heavy (non-hydrogen) atoms. The summed E-state index contributed by atoms with van der Waals surface area (Å²) in [6.45, 7) is 0.